The maximum Gasteiger partial charge on any atom is 0.270 e. The second-order valence-corrected chi connectivity index (χ2v) is 4.34. The fourth-order valence-electron chi connectivity index (χ4n) is 1.56. The summed E-state index contributed by atoms with van der Waals surface area (Å²) < 4.78 is 4.92. The van der Waals surface area contributed by atoms with Crippen LogP contribution in [0.2, 0.25) is 0 Å². The third-order valence-corrected chi connectivity index (χ3v) is 2.94. The van der Waals surface area contributed by atoms with Crippen LogP contribution in [0.1, 0.15) is 15.9 Å². The van der Waals surface area contributed by atoms with E-state index in [2.05, 4.69) is 5.32 Å². The molecule has 0 aromatic heterocycles. The van der Waals surface area contributed by atoms with Gasteiger partial charge in [0.1, 0.15) is 0 Å². The van der Waals surface area contributed by atoms with E-state index in [1.807, 2.05) is 0 Å². The van der Waals surface area contributed by atoms with Crippen molar-refractivity contribution in [1.29, 1.82) is 0 Å². The van der Waals surface area contributed by atoms with Crippen LogP contribution in [-0.4, -0.2) is 36.5 Å². The number of methoxy groups -OCH3 is 1. The summed E-state index contributed by atoms with van der Waals surface area (Å²) in [6.07, 6.45) is 0. The van der Waals surface area contributed by atoms with Crippen LogP contribution in [0.15, 0.2) is 18.2 Å². The number of halogens is 1. The van der Waals surface area contributed by atoms with Gasteiger partial charge in [0.2, 0.25) is 0 Å². The van der Waals surface area contributed by atoms with Gasteiger partial charge in [-0.25, -0.2) is 0 Å². The lowest BCUT2D eigenvalue weighted by Gasteiger charge is -2.15. The zero-order valence-corrected chi connectivity index (χ0v) is 11.4. The molecule has 1 aromatic rings. The van der Waals surface area contributed by atoms with Crippen molar-refractivity contribution in [1.82, 2.24) is 5.32 Å². The molecule has 0 aliphatic heterocycles. The molecule has 0 bridgehead atoms. The number of ether oxygens (including phenoxy) is 1. The van der Waals surface area contributed by atoms with Crippen LogP contribution in [0.3, 0.4) is 0 Å². The second-order valence-electron chi connectivity index (χ2n) is 4.04. The van der Waals surface area contributed by atoms with Gasteiger partial charge in [-0.3, -0.25) is 14.9 Å². The molecule has 7 heteroatoms. The number of rotatable bonds is 6. The highest BCUT2D eigenvalue weighted by Crippen LogP contribution is 2.17. The van der Waals surface area contributed by atoms with Crippen LogP contribution >= 0.6 is 11.6 Å². The van der Waals surface area contributed by atoms with Gasteiger partial charge < -0.3 is 10.1 Å². The first-order valence-corrected chi connectivity index (χ1v) is 6.13. The predicted molar refractivity (Wildman–Crippen MR) is 71.7 cm³/mol. The molecule has 0 aliphatic carbocycles. The van der Waals surface area contributed by atoms with E-state index in [0.29, 0.717) is 5.56 Å². The molecule has 0 saturated carbocycles. The van der Waals surface area contributed by atoms with E-state index in [1.165, 1.54) is 19.2 Å². The number of alkyl halides is 1. The minimum Gasteiger partial charge on any atom is -0.383 e. The Labute approximate surface area is 115 Å². The van der Waals surface area contributed by atoms with Crippen LogP contribution in [0, 0.1) is 17.0 Å². The average Bonchev–Trinajstić information content (AvgIpc) is 2.38. The lowest BCUT2D eigenvalue weighted by atomic mass is 10.1. The number of nitrogens with zero attached hydrogens (tertiary/aromatic N) is 1. The van der Waals surface area contributed by atoms with Crippen molar-refractivity contribution in [2.24, 2.45) is 0 Å². The van der Waals surface area contributed by atoms with Gasteiger partial charge in [0.25, 0.3) is 11.6 Å². The maximum absolute atomic E-state index is 12.0. The molecule has 1 rings (SSSR count). The Morgan fingerprint density at radius 2 is 2.26 bits per heavy atom. The molecule has 6 nitrogen and oxygen atoms in total. The maximum atomic E-state index is 12.0. The number of non-ortho nitro benzene ring substituents is 1. The molecule has 0 spiro atoms. The number of aryl methyl sites for hydroxylation is 1. The van der Waals surface area contributed by atoms with E-state index in [0.717, 1.165) is 0 Å². The lowest BCUT2D eigenvalue weighted by molar-refractivity contribution is -0.384. The van der Waals surface area contributed by atoms with Crippen molar-refractivity contribution in [2.75, 3.05) is 19.6 Å². The number of amides is 1. The first-order chi connectivity index (χ1) is 8.99. The van der Waals surface area contributed by atoms with E-state index in [1.54, 1.807) is 13.0 Å². The highest BCUT2D eigenvalue weighted by Gasteiger charge is 2.17. The van der Waals surface area contributed by atoms with Crippen LogP contribution in [0.5, 0.6) is 0 Å². The Bertz CT molecular complexity index is 479. The minimum absolute atomic E-state index is 0.120. The quantitative estimate of drug-likeness (QED) is 0.492. The van der Waals surface area contributed by atoms with Gasteiger partial charge in [0.15, 0.2) is 0 Å². The lowest BCUT2D eigenvalue weighted by Crippen LogP contribution is -2.39. The molecule has 1 N–H and O–H groups in total. The molecule has 0 heterocycles. The van der Waals surface area contributed by atoms with Gasteiger partial charge in [-0.2, -0.15) is 0 Å². The van der Waals surface area contributed by atoms with E-state index in [4.69, 9.17) is 16.3 Å². The number of carbonyl (C=O) groups excluding carboxylic acids is 1. The van der Waals surface area contributed by atoms with Crippen molar-refractivity contribution in [3.8, 4) is 0 Å². The zero-order valence-electron chi connectivity index (χ0n) is 10.7. The van der Waals surface area contributed by atoms with Gasteiger partial charge in [0, 0.05) is 30.7 Å². The van der Waals surface area contributed by atoms with E-state index in [-0.39, 0.29) is 29.8 Å². The second kappa shape index (κ2) is 7.06. The number of carbonyl (C=O) groups is 1. The summed E-state index contributed by atoms with van der Waals surface area (Å²) in [5.74, 6) is -0.197. The van der Waals surface area contributed by atoms with Crippen LogP contribution in [0.4, 0.5) is 5.69 Å². The fourth-order valence-corrected chi connectivity index (χ4v) is 1.72. The van der Waals surface area contributed by atoms with E-state index < -0.39 is 10.8 Å². The molecule has 1 aromatic carbocycles. The Morgan fingerprint density at radius 1 is 1.58 bits per heavy atom. The number of hydrogen-bond donors (Lipinski definition) is 1. The first-order valence-electron chi connectivity index (χ1n) is 5.60. The average molecular weight is 287 g/mol. The van der Waals surface area contributed by atoms with Crippen molar-refractivity contribution in [2.45, 2.75) is 13.0 Å². The summed E-state index contributed by atoms with van der Waals surface area (Å²) in [6, 6.07) is 3.82. The molecule has 19 heavy (non-hydrogen) atoms. The molecule has 1 unspecified atom stereocenters. The molecule has 0 radical (unpaired) electrons. The van der Waals surface area contributed by atoms with Gasteiger partial charge in [-0.15, -0.1) is 11.6 Å². The van der Waals surface area contributed by atoms with Crippen molar-refractivity contribution in [3.05, 3.63) is 39.4 Å². The Balaban J connectivity index is 2.92. The summed E-state index contributed by atoms with van der Waals surface area (Å²) in [4.78, 5) is 22.2. The number of hydrogen-bond acceptors (Lipinski definition) is 4. The highest BCUT2D eigenvalue weighted by molar-refractivity contribution is 6.18. The fraction of sp³-hybridized carbons (Fsp3) is 0.417. The Kier molecular flexibility index (Phi) is 5.72. The summed E-state index contributed by atoms with van der Waals surface area (Å²) in [5, 5.41) is 13.4. The minimum atomic E-state index is -0.537. The number of nitro groups is 1. The van der Waals surface area contributed by atoms with Crippen molar-refractivity contribution >= 4 is 23.2 Å². The first kappa shape index (κ1) is 15.4. The number of nitrogens with one attached hydrogen (secondary N) is 1. The van der Waals surface area contributed by atoms with E-state index in [9.17, 15) is 14.9 Å². The largest absolute Gasteiger partial charge is 0.383 e. The van der Waals surface area contributed by atoms with Gasteiger partial charge in [-0.05, 0) is 12.5 Å². The smallest absolute Gasteiger partial charge is 0.270 e. The molecule has 1 atom stereocenters. The number of nitro benzene ring substituents is 1. The number of benzene rings is 1. The summed E-state index contributed by atoms with van der Waals surface area (Å²) in [5.41, 5.74) is 0.805. The van der Waals surface area contributed by atoms with Crippen LogP contribution in [0.25, 0.3) is 0 Å². The third-order valence-electron chi connectivity index (χ3n) is 2.57. The molecular formula is C12H15ClN2O4. The molecule has 0 saturated heterocycles. The standard InChI is InChI=1S/C12H15ClN2O4/c1-8-3-4-10(15(17)18)5-11(8)12(16)14-9(6-13)7-19-2/h3-5,9H,6-7H2,1-2H3,(H,14,16). The third kappa shape index (κ3) is 4.18. The molecule has 0 aliphatic rings. The summed E-state index contributed by atoms with van der Waals surface area (Å²) >= 11 is 5.70. The summed E-state index contributed by atoms with van der Waals surface area (Å²) in [6.45, 7) is 1.99. The monoisotopic (exact) mass is 286 g/mol. The summed E-state index contributed by atoms with van der Waals surface area (Å²) in [7, 11) is 1.50. The Hall–Kier alpha value is -1.66. The highest BCUT2D eigenvalue weighted by atomic mass is 35.5. The normalized spacial score (nSPS) is 11.9. The van der Waals surface area contributed by atoms with Crippen molar-refractivity contribution < 1.29 is 14.5 Å². The van der Waals surface area contributed by atoms with Gasteiger partial charge in [0.05, 0.1) is 17.6 Å². The zero-order chi connectivity index (χ0) is 14.4. The SMILES string of the molecule is COCC(CCl)NC(=O)c1cc([N+](=O)[O-])ccc1C. The molecule has 1 amide bonds. The molecular weight excluding hydrogens is 272 g/mol. The van der Waals surface area contributed by atoms with Gasteiger partial charge >= 0.3 is 0 Å². The van der Waals surface area contributed by atoms with E-state index >= 15 is 0 Å². The Morgan fingerprint density at radius 3 is 2.79 bits per heavy atom. The van der Waals surface area contributed by atoms with Gasteiger partial charge in [-0.1, -0.05) is 6.07 Å². The van der Waals surface area contributed by atoms with Crippen LogP contribution < -0.4 is 5.32 Å². The van der Waals surface area contributed by atoms with Crippen molar-refractivity contribution in [3.63, 3.8) is 0 Å². The molecule has 0 fully saturated rings. The van der Waals surface area contributed by atoms with Crippen LogP contribution in [-0.2, 0) is 4.74 Å². The molecule has 104 valence electrons. The topological polar surface area (TPSA) is 81.5 Å². The predicted octanol–water partition coefficient (Wildman–Crippen LogP) is 1.89.